The maximum absolute atomic E-state index is 12.4. The Labute approximate surface area is 158 Å². The van der Waals surface area contributed by atoms with Crippen molar-refractivity contribution >= 4 is 34.2 Å². The normalized spacial score (nSPS) is 12.0. The van der Waals surface area contributed by atoms with Crippen LogP contribution in [0.2, 0.25) is 0 Å². The minimum absolute atomic E-state index is 0.154. The zero-order valence-corrected chi connectivity index (χ0v) is 15.6. The van der Waals surface area contributed by atoms with E-state index in [1.807, 2.05) is 42.5 Å². The number of hydrogen-bond donors (Lipinski definition) is 3. The van der Waals surface area contributed by atoms with E-state index in [4.69, 9.17) is 0 Å². The molecule has 2 rings (SSSR count). The topological polar surface area (TPSA) is 98.7 Å². The molecule has 1 unspecified atom stereocenters. The maximum Gasteiger partial charge on any atom is 0.320 e. The molecule has 0 heterocycles. The highest BCUT2D eigenvalue weighted by Gasteiger charge is 2.21. The molecule has 0 aromatic heterocycles. The Kier molecular flexibility index (Phi) is 7.31. The lowest BCUT2D eigenvalue weighted by Gasteiger charge is -2.26. The number of carbonyl (C=O) groups excluding carboxylic acids is 2. The predicted molar refractivity (Wildman–Crippen MR) is 105 cm³/mol. The number of benzene rings is 2. The summed E-state index contributed by atoms with van der Waals surface area (Å²) in [5, 5.41) is 16.8. The van der Waals surface area contributed by atoms with Gasteiger partial charge in [0.15, 0.2) is 0 Å². The second kappa shape index (κ2) is 9.68. The highest BCUT2D eigenvalue weighted by atomic mass is 16.4. The van der Waals surface area contributed by atoms with Crippen molar-refractivity contribution in [2.75, 3.05) is 25.0 Å². The largest absolute Gasteiger partial charge is 0.480 e. The van der Waals surface area contributed by atoms with E-state index in [0.29, 0.717) is 13.1 Å². The molecule has 0 aliphatic rings. The molecule has 144 valence electrons. The summed E-state index contributed by atoms with van der Waals surface area (Å²) >= 11 is 0. The van der Waals surface area contributed by atoms with E-state index >= 15 is 0 Å². The molecule has 1 atom stereocenters. The molecule has 0 aliphatic heterocycles. The lowest BCUT2D eigenvalue weighted by Crippen LogP contribution is -2.44. The van der Waals surface area contributed by atoms with Gasteiger partial charge in [0, 0.05) is 44.1 Å². The number of carboxylic acid groups (broad SMARTS) is 1. The zero-order valence-electron chi connectivity index (χ0n) is 15.6. The quantitative estimate of drug-likeness (QED) is 0.627. The minimum Gasteiger partial charge on any atom is -0.480 e. The first kappa shape index (κ1) is 20.4. The number of fused-ring (bicyclic) bond motifs is 1. The van der Waals surface area contributed by atoms with Crippen molar-refractivity contribution in [3.63, 3.8) is 0 Å². The van der Waals surface area contributed by atoms with Crippen LogP contribution in [0.25, 0.3) is 10.8 Å². The Morgan fingerprint density at radius 2 is 1.78 bits per heavy atom. The van der Waals surface area contributed by atoms with Crippen molar-refractivity contribution in [2.45, 2.75) is 26.3 Å². The molecule has 7 nitrogen and oxygen atoms in total. The van der Waals surface area contributed by atoms with Gasteiger partial charge in [0.1, 0.15) is 6.04 Å². The van der Waals surface area contributed by atoms with Crippen LogP contribution in [-0.2, 0) is 14.4 Å². The van der Waals surface area contributed by atoms with Gasteiger partial charge in [-0.25, -0.2) is 0 Å². The van der Waals surface area contributed by atoms with Gasteiger partial charge in [0.25, 0.3) is 0 Å². The van der Waals surface area contributed by atoms with Crippen molar-refractivity contribution in [1.82, 2.24) is 10.2 Å². The highest BCUT2D eigenvalue weighted by Crippen LogP contribution is 2.23. The number of aliphatic carboxylic acids is 1. The van der Waals surface area contributed by atoms with Crippen LogP contribution >= 0.6 is 0 Å². The standard InChI is InChI=1S/C20H25N3O4/c1-14(20(26)27)23(13-11-21-15(2)24)12-10-19(25)22-18-9-5-7-16-6-3-4-8-17(16)18/h3-9,14H,10-13H2,1-2H3,(H,21,24)(H,22,25)(H,26,27). The molecule has 27 heavy (non-hydrogen) atoms. The minimum atomic E-state index is -0.965. The first-order valence-corrected chi connectivity index (χ1v) is 8.87. The molecule has 0 aliphatic carbocycles. The van der Waals surface area contributed by atoms with E-state index in [0.717, 1.165) is 16.5 Å². The summed E-state index contributed by atoms with van der Waals surface area (Å²) in [7, 11) is 0. The molecule has 0 saturated heterocycles. The third kappa shape index (κ3) is 6.07. The average molecular weight is 371 g/mol. The van der Waals surface area contributed by atoms with Crippen molar-refractivity contribution in [3.8, 4) is 0 Å². The SMILES string of the molecule is CC(=O)NCCN(CCC(=O)Nc1cccc2ccccc12)C(C)C(=O)O. The number of amides is 2. The van der Waals surface area contributed by atoms with E-state index in [1.54, 1.807) is 11.8 Å². The van der Waals surface area contributed by atoms with Crippen LogP contribution in [0.3, 0.4) is 0 Å². The fourth-order valence-corrected chi connectivity index (χ4v) is 2.82. The Bertz CT molecular complexity index is 816. The van der Waals surface area contributed by atoms with Crippen molar-refractivity contribution in [3.05, 3.63) is 42.5 Å². The van der Waals surface area contributed by atoms with E-state index in [2.05, 4.69) is 10.6 Å². The number of carboxylic acids is 1. The van der Waals surface area contributed by atoms with Crippen LogP contribution in [0, 0.1) is 0 Å². The third-order valence-corrected chi connectivity index (χ3v) is 4.37. The van der Waals surface area contributed by atoms with E-state index in [9.17, 15) is 19.5 Å². The second-order valence-corrected chi connectivity index (χ2v) is 6.36. The maximum atomic E-state index is 12.4. The Morgan fingerprint density at radius 1 is 1.07 bits per heavy atom. The summed E-state index contributed by atoms with van der Waals surface area (Å²) in [6, 6.07) is 12.7. The Hall–Kier alpha value is -2.93. The van der Waals surface area contributed by atoms with Crippen LogP contribution < -0.4 is 10.6 Å². The lowest BCUT2D eigenvalue weighted by molar-refractivity contribution is -0.142. The molecule has 2 aromatic carbocycles. The van der Waals surface area contributed by atoms with Gasteiger partial charge < -0.3 is 15.7 Å². The number of anilines is 1. The first-order chi connectivity index (χ1) is 12.9. The fraction of sp³-hybridized carbons (Fsp3) is 0.350. The summed E-state index contributed by atoms with van der Waals surface area (Å²) in [5.41, 5.74) is 0.731. The molecule has 0 radical (unpaired) electrons. The number of nitrogens with one attached hydrogen (secondary N) is 2. The van der Waals surface area contributed by atoms with Gasteiger partial charge in [-0.2, -0.15) is 0 Å². The molecule has 0 spiro atoms. The molecular formula is C20H25N3O4. The van der Waals surface area contributed by atoms with Gasteiger partial charge in [0.05, 0.1) is 0 Å². The zero-order chi connectivity index (χ0) is 19.8. The Balaban J connectivity index is 1.97. The van der Waals surface area contributed by atoms with Gasteiger partial charge >= 0.3 is 5.97 Å². The second-order valence-electron chi connectivity index (χ2n) is 6.36. The van der Waals surface area contributed by atoms with Crippen LogP contribution in [-0.4, -0.2) is 53.5 Å². The molecular weight excluding hydrogens is 346 g/mol. The molecule has 7 heteroatoms. The average Bonchev–Trinajstić information content (AvgIpc) is 2.64. The number of hydrogen-bond acceptors (Lipinski definition) is 4. The van der Waals surface area contributed by atoms with E-state index in [-0.39, 0.29) is 24.8 Å². The summed E-state index contributed by atoms with van der Waals surface area (Å²) in [6.45, 7) is 3.94. The van der Waals surface area contributed by atoms with Crippen molar-refractivity contribution in [1.29, 1.82) is 0 Å². The van der Waals surface area contributed by atoms with Crippen LogP contribution in [0.1, 0.15) is 20.3 Å². The number of nitrogens with zero attached hydrogens (tertiary/aromatic N) is 1. The molecule has 3 N–H and O–H groups in total. The number of carbonyl (C=O) groups is 3. The molecule has 2 amide bonds. The Morgan fingerprint density at radius 3 is 2.48 bits per heavy atom. The fourth-order valence-electron chi connectivity index (χ4n) is 2.82. The number of rotatable bonds is 9. The summed E-state index contributed by atoms with van der Waals surface area (Å²) < 4.78 is 0. The van der Waals surface area contributed by atoms with Crippen LogP contribution in [0.15, 0.2) is 42.5 Å². The van der Waals surface area contributed by atoms with Gasteiger partial charge in [-0.15, -0.1) is 0 Å². The molecule has 0 fully saturated rings. The van der Waals surface area contributed by atoms with E-state index < -0.39 is 12.0 Å². The highest BCUT2D eigenvalue weighted by molar-refractivity contribution is 6.02. The first-order valence-electron chi connectivity index (χ1n) is 8.87. The smallest absolute Gasteiger partial charge is 0.320 e. The molecule has 0 saturated carbocycles. The third-order valence-electron chi connectivity index (χ3n) is 4.37. The lowest BCUT2D eigenvalue weighted by atomic mass is 10.1. The predicted octanol–water partition coefficient (Wildman–Crippen LogP) is 2.08. The van der Waals surface area contributed by atoms with Crippen LogP contribution in [0.5, 0.6) is 0 Å². The van der Waals surface area contributed by atoms with E-state index in [1.165, 1.54) is 6.92 Å². The van der Waals surface area contributed by atoms with Crippen LogP contribution in [0.4, 0.5) is 5.69 Å². The van der Waals surface area contributed by atoms with Crippen molar-refractivity contribution < 1.29 is 19.5 Å². The van der Waals surface area contributed by atoms with Gasteiger partial charge in [-0.05, 0) is 18.4 Å². The van der Waals surface area contributed by atoms with Gasteiger partial charge in [0.2, 0.25) is 11.8 Å². The summed E-state index contributed by atoms with van der Waals surface area (Å²) in [6.07, 6.45) is 0.154. The summed E-state index contributed by atoms with van der Waals surface area (Å²) in [5.74, 6) is -1.33. The monoisotopic (exact) mass is 371 g/mol. The molecule has 0 bridgehead atoms. The van der Waals surface area contributed by atoms with Gasteiger partial charge in [-0.1, -0.05) is 36.4 Å². The van der Waals surface area contributed by atoms with Crippen molar-refractivity contribution in [2.24, 2.45) is 0 Å². The summed E-state index contributed by atoms with van der Waals surface area (Å²) in [4.78, 5) is 36.3. The molecule has 2 aromatic rings. The van der Waals surface area contributed by atoms with Gasteiger partial charge in [-0.3, -0.25) is 19.3 Å².